The summed E-state index contributed by atoms with van der Waals surface area (Å²) in [7, 11) is 1.41. The van der Waals surface area contributed by atoms with Gasteiger partial charge in [0.2, 0.25) is 0 Å². The fraction of sp³-hybridized carbons (Fsp3) is 0.467. The average Bonchev–Trinajstić information content (AvgIpc) is 3.03. The Morgan fingerprint density at radius 3 is 2.52 bits per heavy atom. The molecule has 0 spiro atoms. The maximum Gasteiger partial charge on any atom is 0.409 e. The number of carbonyl (C=O) groups is 1. The molecule has 0 saturated carbocycles. The van der Waals surface area contributed by atoms with Gasteiger partial charge < -0.3 is 9.64 Å². The fourth-order valence-electron chi connectivity index (χ4n) is 2.61. The van der Waals surface area contributed by atoms with Crippen molar-refractivity contribution in [2.24, 2.45) is 0 Å². The normalized spacial score (nSPS) is 15.7. The lowest BCUT2D eigenvalue weighted by molar-refractivity contribution is 0.0878. The van der Waals surface area contributed by atoms with Gasteiger partial charge in [-0.05, 0) is 29.5 Å². The van der Waals surface area contributed by atoms with Gasteiger partial charge in [-0.3, -0.25) is 4.90 Å². The number of hydrogen-bond donors (Lipinski definition) is 0. The van der Waals surface area contributed by atoms with Crippen LogP contribution in [0.25, 0.3) is 5.69 Å². The van der Waals surface area contributed by atoms with Crippen LogP contribution in [0.5, 0.6) is 0 Å². The number of tetrazole rings is 1. The number of rotatable bonds is 3. The number of piperazine rings is 1. The molecule has 1 fully saturated rings. The van der Waals surface area contributed by atoms with Gasteiger partial charge in [-0.1, -0.05) is 17.7 Å². The Balaban J connectivity index is 1.65. The second-order valence-corrected chi connectivity index (χ2v) is 5.58. The smallest absolute Gasteiger partial charge is 0.409 e. The summed E-state index contributed by atoms with van der Waals surface area (Å²) >= 11 is 0. The molecule has 0 N–H and O–H groups in total. The summed E-state index contributed by atoms with van der Waals surface area (Å²) < 4.78 is 6.51. The summed E-state index contributed by atoms with van der Waals surface area (Å²) in [5.41, 5.74) is 2.14. The third kappa shape index (κ3) is 3.48. The van der Waals surface area contributed by atoms with Gasteiger partial charge >= 0.3 is 6.09 Å². The molecule has 1 amide bonds. The number of aromatic nitrogens is 4. The zero-order valence-corrected chi connectivity index (χ0v) is 13.3. The fourth-order valence-corrected chi connectivity index (χ4v) is 2.61. The summed E-state index contributed by atoms with van der Waals surface area (Å²) in [6.45, 7) is 5.55. The molecule has 1 aromatic carbocycles. The van der Waals surface area contributed by atoms with Crippen LogP contribution < -0.4 is 0 Å². The minimum absolute atomic E-state index is 0.269. The van der Waals surface area contributed by atoms with Crippen LogP contribution in [0.1, 0.15) is 11.4 Å². The Morgan fingerprint density at radius 1 is 1.17 bits per heavy atom. The van der Waals surface area contributed by atoms with Crippen LogP contribution in [0, 0.1) is 6.92 Å². The van der Waals surface area contributed by atoms with Gasteiger partial charge in [-0.2, -0.15) is 4.68 Å². The van der Waals surface area contributed by atoms with Crippen molar-refractivity contribution in [2.45, 2.75) is 13.5 Å². The molecule has 1 aromatic heterocycles. The molecular formula is C15H20N6O2. The number of benzene rings is 1. The molecule has 0 unspecified atom stereocenters. The van der Waals surface area contributed by atoms with E-state index in [-0.39, 0.29) is 6.09 Å². The van der Waals surface area contributed by atoms with E-state index in [1.54, 1.807) is 9.58 Å². The molecule has 8 heteroatoms. The molecule has 0 radical (unpaired) electrons. The van der Waals surface area contributed by atoms with E-state index in [0.29, 0.717) is 19.6 Å². The topological polar surface area (TPSA) is 76.4 Å². The first kappa shape index (κ1) is 15.4. The molecule has 1 aliphatic heterocycles. The largest absolute Gasteiger partial charge is 0.453 e. The van der Waals surface area contributed by atoms with E-state index in [4.69, 9.17) is 4.74 Å². The minimum Gasteiger partial charge on any atom is -0.453 e. The van der Waals surface area contributed by atoms with Crippen molar-refractivity contribution in [2.75, 3.05) is 33.3 Å². The third-order valence-electron chi connectivity index (χ3n) is 3.98. The Hall–Kier alpha value is -2.48. The SMILES string of the molecule is COC(=O)N1CCN(Cc2nnnn2-c2ccc(C)cc2)CC1. The molecule has 1 aliphatic rings. The van der Waals surface area contributed by atoms with E-state index in [1.165, 1.54) is 12.7 Å². The van der Waals surface area contributed by atoms with E-state index >= 15 is 0 Å². The molecule has 0 aliphatic carbocycles. The van der Waals surface area contributed by atoms with Crippen molar-refractivity contribution < 1.29 is 9.53 Å². The number of nitrogens with zero attached hydrogens (tertiary/aromatic N) is 6. The van der Waals surface area contributed by atoms with Gasteiger partial charge in [-0.15, -0.1) is 5.10 Å². The highest BCUT2D eigenvalue weighted by atomic mass is 16.5. The predicted molar refractivity (Wildman–Crippen MR) is 83.1 cm³/mol. The van der Waals surface area contributed by atoms with Crippen LogP contribution in [-0.4, -0.2) is 69.4 Å². The maximum absolute atomic E-state index is 11.5. The number of hydrogen-bond acceptors (Lipinski definition) is 6. The van der Waals surface area contributed by atoms with Crippen LogP contribution in [-0.2, 0) is 11.3 Å². The highest BCUT2D eigenvalue weighted by Crippen LogP contribution is 2.12. The number of aryl methyl sites for hydroxylation is 1. The number of carbonyl (C=O) groups excluding carboxylic acids is 1. The van der Waals surface area contributed by atoms with Gasteiger partial charge in [-0.25, -0.2) is 4.79 Å². The summed E-state index contributed by atoms with van der Waals surface area (Å²) in [6.07, 6.45) is -0.269. The zero-order chi connectivity index (χ0) is 16.2. The van der Waals surface area contributed by atoms with Gasteiger partial charge in [0.1, 0.15) is 0 Å². The summed E-state index contributed by atoms with van der Waals surface area (Å²) in [4.78, 5) is 15.4. The van der Waals surface area contributed by atoms with Crippen LogP contribution in [0.4, 0.5) is 4.79 Å². The van der Waals surface area contributed by atoms with Crippen molar-refractivity contribution in [3.8, 4) is 5.69 Å². The molecule has 8 nitrogen and oxygen atoms in total. The molecule has 2 aromatic rings. The lowest BCUT2D eigenvalue weighted by Gasteiger charge is -2.33. The molecule has 2 heterocycles. The second kappa shape index (κ2) is 6.74. The zero-order valence-electron chi connectivity index (χ0n) is 13.3. The molecule has 122 valence electrons. The van der Waals surface area contributed by atoms with Crippen molar-refractivity contribution in [1.29, 1.82) is 0 Å². The maximum atomic E-state index is 11.5. The molecular weight excluding hydrogens is 296 g/mol. The summed E-state index contributed by atoms with van der Waals surface area (Å²) in [5, 5.41) is 12.0. The average molecular weight is 316 g/mol. The Bertz CT molecular complexity index is 661. The predicted octanol–water partition coefficient (Wildman–Crippen LogP) is 0.855. The van der Waals surface area contributed by atoms with Crippen molar-refractivity contribution in [3.63, 3.8) is 0 Å². The molecule has 1 saturated heterocycles. The lowest BCUT2D eigenvalue weighted by atomic mass is 10.2. The number of ether oxygens (including phenoxy) is 1. The molecule has 0 atom stereocenters. The van der Waals surface area contributed by atoms with Crippen LogP contribution in [0.2, 0.25) is 0 Å². The lowest BCUT2D eigenvalue weighted by Crippen LogP contribution is -2.48. The highest BCUT2D eigenvalue weighted by molar-refractivity contribution is 5.67. The molecule has 0 bridgehead atoms. The first-order chi connectivity index (χ1) is 11.2. The van der Waals surface area contributed by atoms with Gasteiger partial charge in [0.25, 0.3) is 0 Å². The quantitative estimate of drug-likeness (QED) is 0.836. The second-order valence-electron chi connectivity index (χ2n) is 5.58. The van der Waals surface area contributed by atoms with Crippen LogP contribution in [0.3, 0.4) is 0 Å². The summed E-state index contributed by atoms with van der Waals surface area (Å²) in [5.74, 6) is 0.792. The van der Waals surface area contributed by atoms with E-state index in [2.05, 4.69) is 20.4 Å². The van der Waals surface area contributed by atoms with E-state index in [0.717, 1.165) is 24.6 Å². The molecule has 23 heavy (non-hydrogen) atoms. The Morgan fingerprint density at radius 2 is 1.87 bits per heavy atom. The number of amides is 1. The van der Waals surface area contributed by atoms with E-state index < -0.39 is 0 Å². The van der Waals surface area contributed by atoms with E-state index in [1.807, 2.05) is 31.2 Å². The first-order valence-corrected chi connectivity index (χ1v) is 7.57. The van der Waals surface area contributed by atoms with Crippen molar-refractivity contribution >= 4 is 6.09 Å². The van der Waals surface area contributed by atoms with Crippen LogP contribution in [0.15, 0.2) is 24.3 Å². The van der Waals surface area contributed by atoms with E-state index in [9.17, 15) is 4.79 Å². The van der Waals surface area contributed by atoms with Gasteiger partial charge in [0.05, 0.1) is 19.3 Å². The Labute approximate surface area is 134 Å². The van der Waals surface area contributed by atoms with Crippen LogP contribution >= 0.6 is 0 Å². The monoisotopic (exact) mass is 316 g/mol. The Kier molecular flexibility index (Phi) is 4.52. The van der Waals surface area contributed by atoms with Gasteiger partial charge in [0, 0.05) is 26.2 Å². The minimum atomic E-state index is -0.269. The summed E-state index contributed by atoms with van der Waals surface area (Å²) in [6, 6.07) is 8.08. The van der Waals surface area contributed by atoms with Crippen molar-refractivity contribution in [3.05, 3.63) is 35.7 Å². The standard InChI is InChI=1S/C15H20N6O2/c1-12-3-5-13(6-4-12)21-14(16-17-18-21)11-19-7-9-20(10-8-19)15(22)23-2/h3-6H,7-11H2,1-2H3. The molecule has 3 rings (SSSR count). The van der Waals surface area contributed by atoms with Gasteiger partial charge in [0.15, 0.2) is 5.82 Å². The van der Waals surface area contributed by atoms with Crippen molar-refractivity contribution in [1.82, 2.24) is 30.0 Å². The first-order valence-electron chi connectivity index (χ1n) is 7.57. The number of methoxy groups -OCH3 is 1. The third-order valence-corrected chi connectivity index (χ3v) is 3.98. The highest BCUT2D eigenvalue weighted by Gasteiger charge is 2.23.